The predicted octanol–water partition coefficient (Wildman–Crippen LogP) is 1.42. The fourth-order valence-corrected chi connectivity index (χ4v) is 4.12. The van der Waals surface area contributed by atoms with E-state index in [2.05, 4.69) is 37.9 Å². The second kappa shape index (κ2) is 10.1. The summed E-state index contributed by atoms with van der Waals surface area (Å²) in [7, 11) is 0. The maximum Gasteiger partial charge on any atom is 0.234 e. The first-order valence-electron chi connectivity index (χ1n) is 9.96. The summed E-state index contributed by atoms with van der Waals surface area (Å²) in [5.74, 6) is 0.170. The number of anilines is 1. The van der Waals surface area contributed by atoms with Gasteiger partial charge in [0.1, 0.15) is 0 Å². The van der Waals surface area contributed by atoms with Crippen molar-refractivity contribution in [1.29, 1.82) is 0 Å². The molecular formula is C19H26N6O3S. The molecule has 0 aliphatic carbocycles. The van der Waals surface area contributed by atoms with Gasteiger partial charge in [-0.05, 0) is 41.0 Å². The Labute approximate surface area is 174 Å². The van der Waals surface area contributed by atoms with E-state index in [0.29, 0.717) is 11.7 Å². The maximum absolute atomic E-state index is 12.3. The highest BCUT2D eigenvalue weighted by Gasteiger charge is 2.19. The Hall–Kier alpha value is -2.01. The van der Waals surface area contributed by atoms with E-state index >= 15 is 0 Å². The molecule has 0 radical (unpaired) electrons. The second-order valence-corrected chi connectivity index (χ2v) is 8.14. The van der Waals surface area contributed by atoms with Crippen LogP contribution < -0.4 is 5.32 Å². The fourth-order valence-electron chi connectivity index (χ4n) is 3.43. The molecule has 1 aromatic heterocycles. The number of carbonyl (C=O) groups excluding carboxylic acids is 1. The Bertz CT molecular complexity index is 787. The summed E-state index contributed by atoms with van der Waals surface area (Å²) in [6.07, 6.45) is 2.25. The average molecular weight is 419 g/mol. The van der Waals surface area contributed by atoms with Crippen LogP contribution in [0.4, 0.5) is 5.69 Å². The van der Waals surface area contributed by atoms with Crippen LogP contribution in [0.3, 0.4) is 0 Å². The van der Waals surface area contributed by atoms with Gasteiger partial charge in [-0.2, -0.15) is 0 Å². The van der Waals surface area contributed by atoms with Crippen LogP contribution >= 0.6 is 11.8 Å². The van der Waals surface area contributed by atoms with Crippen LogP contribution in [-0.2, 0) is 27.4 Å². The van der Waals surface area contributed by atoms with Gasteiger partial charge in [-0.3, -0.25) is 9.69 Å². The number of rotatable bonds is 8. The van der Waals surface area contributed by atoms with Gasteiger partial charge in [0.05, 0.1) is 31.6 Å². The van der Waals surface area contributed by atoms with E-state index in [9.17, 15) is 4.79 Å². The number of aromatic nitrogens is 4. The largest absolute Gasteiger partial charge is 0.379 e. The molecule has 29 heavy (non-hydrogen) atoms. The van der Waals surface area contributed by atoms with Gasteiger partial charge in [-0.25, -0.2) is 4.68 Å². The SMILES string of the molecule is O=C(CSc1nnnn1C[C@@H]1CCCO1)Nc1ccc(CN2CCOCC2)cc1. The van der Waals surface area contributed by atoms with Crippen LogP contribution in [0.2, 0.25) is 0 Å². The quantitative estimate of drug-likeness (QED) is 0.643. The molecule has 3 heterocycles. The van der Waals surface area contributed by atoms with E-state index in [1.165, 1.54) is 17.3 Å². The van der Waals surface area contributed by atoms with Gasteiger partial charge >= 0.3 is 0 Å². The summed E-state index contributed by atoms with van der Waals surface area (Å²) < 4.78 is 12.7. The number of amides is 1. The molecule has 1 amide bonds. The Morgan fingerprint density at radius 3 is 2.79 bits per heavy atom. The lowest BCUT2D eigenvalue weighted by Crippen LogP contribution is -2.35. The monoisotopic (exact) mass is 418 g/mol. The van der Waals surface area contributed by atoms with Gasteiger partial charge in [0.15, 0.2) is 0 Å². The van der Waals surface area contributed by atoms with Crippen molar-refractivity contribution in [3.63, 3.8) is 0 Å². The zero-order chi connectivity index (χ0) is 19.9. The number of carbonyl (C=O) groups is 1. The van der Waals surface area contributed by atoms with Crippen molar-refractivity contribution in [2.75, 3.05) is 44.0 Å². The van der Waals surface area contributed by atoms with Gasteiger partial charge in [0.2, 0.25) is 11.1 Å². The highest BCUT2D eigenvalue weighted by molar-refractivity contribution is 7.99. The first-order valence-corrected chi connectivity index (χ1v) is 10.9. The lowest BCUT2D eigenvalue weighted by molar-refractivity contribution is -0.113. The summed E-state index contributed by atoms with van der Waals surface area (Å²) in [6.45, 7) is 5.83. The molecule has 4 rings (SSSR count). The highest BCUT2D eigenvalue weighted by atomic mass is 32.2. The summed E-state index contributed by atoms with van der Waals surface area (Å²) in [6, 6.07) is 8.00. The van der Waals surface area contributed by atoms with Crippen LogP contribution in [0, 0.1) is 0 Å². The minimum atomic E-state index is -0.0809. The lowest BCUT2D eigenvalue weighted by Gasteiger charge is -2.26. The topological polar surface area (TPSA) is 94.4 Å². The van der Waals surface area contributed by atoms with Crippen LogP contribution in [0.25, 0.3) is 0 Å². The summed E-state index contributed by atoms with van der Waals surface area (Å²) in [5, 5.41) is 15.3. The molecule has 2 aromatic rings. The number of nitrogens with zero attached hydrogens (tertiary/aromatic N) is 5. The van der Waals surface area contributed by atoms with Crippen molar-refractivity contribution >= 4 is 23.4 Å². The second-order valence-electron chi connectivity index (χ2n) is 7.20. The first-order chi connectivity index (χ1) is 14.3. The molecule has 2 saturated heterocycles. The fraction of sp³-hybridized carbons (Fsp3) is 0.579. The molecule has 2 fully saturated rings. The minimum absolute atomic E-state index is 0.0809. The Balaban J connectivity index is 1.23. The van der Waals surface area contributed by atoms with E-state index in [1.807, 2.05) is 12.1 Å². The lowest BCUT2D eigenvalue weighted by atomic mass is 10.2. The standard InChI is InChI=1S/C19H26N6O3S/c26-18(14-29-19-21-22-23-25(19)13-17-2-1-9-28-17)20-16-5-3-15(4-6-16)12-24-7-10-27-11-8-24/h3-6,17H,1-2,7-14H2,(H,20,26)/t17-/m0/s1. The predicted molar refractivity (Wildman–Crippen MR) is 109 cm³/mol. The molecular weight excluding hydrogens is 392 g/mol. The Morgan fingerprint density at radius 1 is 1.21 bits per heavy atom. The maximum atomic E-state index is 12.3. The number of ether oxygens (including phenoxy) is 2. The molecule has 10 heteroatoms. The first kappa shape index (κ1) is 20.3. The van der Waals surface area contributed by atoms with Crippen molar-refractivity contribution in [1.82, 2.24) is 25.1 Å². The number of nitrogens with one attached hydrogen (secondary N) is 1. The van der Waals surface area contributed by atoms with Crippen LogP contribution in [0.5, 0.6) is 0 Å². The van der Waals surface area contributed by atoms with E-state index in [0.717, 1.165) is 58.0 Å². The zero-order valence-corrected chi connectivity index (χ0v) is 17.1. The van der Waals surface area contributed by atoms with E-state index < -0.39 is 0 Å². The molecule has 0 saturated carbocycles. The average Bonchev–Trinajstić information content (AvgIpc) is 3.41. The Morgan fingerprint density at radius 2 is 2.03 bits per heavy atom. The minimum Gasteiger partial charge on any atom is -0.379 e. The number of morpholine rings is 1. The molecule has 1 atom stereocenters. The molecule has 0 unspecified atom stereocenters. The van der Waals surface area contributed by atoms with Gasteiger partial charge < -0.3 is 14.8 Å². The van der Waals surface area contributed by atoms with Gasteiger partial charge in [-0.1, -0.05) is 23.9 Å². The van der Waals surface area contributed by atoms with E-state index in [1.54, 1.807) is 4.68 Å². The molecule has 1 N–H and O–H groups in total. The molecule has 1 aromatic carbocycles. The van der Waals surface area contributed by atoms with Crippen molar-refractivity contribution in [2.24, 2.45) is 0 Å². The van der Waals surface area contributed by atoms with Crippen LogP contribution in [0.1, 0.15) is 18.4 Å². The Kier molecular flexibility index (Phi) is 7.09. The molecule has 2 aliphatic rings. The third-order valence-corrected chi connectivity index (χ3v) is 5.94. The van der Waals surface area contributed by atoms with Crippen molar-refractivity contribution in [2.45, 2.75) is 37.2 Å². The van der Waals surface area contributed by atoms with E-state index in [-0.39, 0.29) is 17.8 Å². The number of tetrazole rings is 1. The highest BCUT2D eigenvalue weighted by Crippen LogP contribution is 2.19. The summed E-state index contributed by atoms with van der Waals surface area (Å²) >= 11 is 1.33. The zero-order valence-electron chi connectivity index (χ0n) is 16.3. The molecule has 0 spiro atoms. The van der Waals surface area contributed by atoms with Crippen molar-refractivity contribution < 1.29 is 14.3 Å². The molecule has 0 bridgehead atoms. The number of thioether (sulfide) groups is 1. The van der Waals surface area contributed by atoms with Crippen LogP contribution in [-0.4, -0.2) is 75.8 Å². The number of hydrogen-bond acceptors (Lipinski definition) is 8. The van der Waals surface area contributed by atoms with Gasteiger partial charge in [-0.15, -0.1) is 5.10 Å². The molecule has 9 nitrogen and oxygen atoms in total. The molecule has 2 aliphatic heterocycles. The van der Waals surface area contributed by atoms with Gasteiger partial charge in [0.25, 0.3) is 0 Å². The number of benzene rings is 1. The third-order valence-electron chi connectivity index (χ3n) is 4.98. The van der Waals surface area contributed by atoms with Crippen molar-refractivity contribution in [3.05, 3.63) is 29.8 Å². The normalized spacial score (nSPS) is 20.1. The summed E-state index contributed by atoms with van der Waals surface area (Å²) in [4.78, 5) is 14.7. The van der Waals surface area contributed by atoms with Crippen molar-refractivity contribution in [3.8, 4) is 0 Å². The van der Waals surface area contributed by atoms with Gasteiger partial charge in [0, 0.05) is 31.9 Å². The van der Waals surface area contributed by atoms with E-state index in [4.69, 9.17) is 9.47 Å². The van der Waals surface area contributed by atoms with Crippen LogP contribution in [0.15, 0.2) is 29.4 Å². The summed E-state index contributed by atoms with van der Waals surface area (Å²) in [5.41, 5.74) is 2.02. The number of hydrogen-bond donors (Lipinski definition) is 1. The molecule has 156 valence electrons. The third kappa shape index (κ3) is 5.99. The smallest absolute Gasteiger partial charge is 0.234 e.